The second-order valence-electron chi connectivity index (χ2n) is 7.23. The molecule has 160 valence electrons. The van der Waals surface area contributed by atoms with E-state index in [1.807, 2.05) is 19.0 Å². The molecule has 3 rings (SSSR count). The molecular weight excluding hydrogens is 388 g/mol. The molecule has 0 radical (unpaired) electrons. The van der Waals surface area contributed by atoms with E-state index >= 15 is 0 Å². The molecule has 8 heteroatoms. The molecular formula is C22H26N2O6. The van der Waals surface area contributed by atoms with Crippen LogP contribution in [0.4, 0.5) is 0 Å². The number of benzene rings is 1. The maximum absolute atomic E-state index is 12.9. The number of hydrogen-bond donors (Lipinski definition) is 1. The Morgan fingerprint density at radius 1 is 1.17 bits per heavy atom. The van der Waals surface area contributed by atoms with Crippen LogP contribution in [0.2, 0.25) is 0 Å². The smallest absolute Gasteiger partial charge is 0.295 e. The molecule has 0 unspecified atom stereocenters. The minimum Gasteiger partial charge on any atom is -0.507 e. The lowest BCUT2D eigenvalue weighted by atomic mass is 9.99. The van der Waals surface area contributed by atoms with Crippen LogP contribution in [0.15, 0.2) is 46.6 Å². The summed E-state index contributed by atoms with van der Waals surface area (Å²) < 4.78 is 16.0. The summed E-state index contributed by atoms with van der Waals surface area (Å²) in [6.07, 6.45) is 2.15. The zero-order valence-corrected chi connectivity index (χ0v) is 17.5. The second kappa shape index (κ2) is 9.04. The van der Waals surface area contributed by atoms with Gasteiger partial charge in [0.05, 0.1) is 26.1 Å². The Morgan fingerprint density at radius 2 is 1.90 bits per heavy atom. The van der Waals surface area contributed by atoms with Gasteiger partial charge in [-0.05, 0) is 57.4 Å². The Bertz CT molecular complexity index is 949. The molecule has 1 atom stereocenters. The molecule has 2 aromatic rings. The van der Waals surface area contributed by atoms with E-state index in [0.717, 1.165) is 6.54 Å². The number of carbonyl (C=O) groups is 2. The fraction of sp³-hybridized carbons (Fsp3) is 0.364. The number of nitrogens with zero attached hydrogens (tertiary/aromatic N) is 2. The van der Waals surface area contributed by atoms with Crippen LogP contribution in [-0.2, 0) is 9.59 Å². The Kier molecular flexibility index (Phi) is 6.47. The van der Waals surface area contributed by atoms with Gasteiger partial charge < -0.3 is 28.8 Å². The largest absolute Gasteiger partial charge is 0.507 e. The van der Waals surface area contributed by atoms with Gasteiger partial charge >= 0.3 is 0 Å². The Labute approximate surface area is 175 Å². The number of aliphatic hydroxyl groups is 1. The summed E-state index contributed by atoms with van der Waals surface area (Å²) in [4.78, 5) is 29.1. The number of rotatable bonds is 8. The summed E-state index contributed by atoms with van der Waals surface area (Å²) >= 11 is 0. The van der Waals surface area contributed by atoms with E-state index < -0.39 is 17.7 Å². The monoisotopic (exact) mass is 414 g/mol. The van der Waals surface area contributed by atoms with Crippen molar-refractivity contribution in [2.45, 2.75) is 12.5 Å². The van der Waals surface area contributed by atoms with Crippen molar-refractivity contribution in [1.82, 2.24) is 9.80 Å². The van der Waals surface area contributed by atoms with Gasteiger partial charge in [0.25, 0.3) is 11.7 Å². The third-order valence-electron chi connectivity index (χ3n) is 5.01. The first-order valence-electron chi connectivity index (χ1n) is 9.58. The fourth-order valence-corrected chi connectivity index (χ4v) is 3.55. The van der Waals surface area contributed by atoms with Crippen molar-refractivity contribution in [2.24, 2.45) is 0 Å². The zero-order chi connectivity index (χ0) is 21.8. The minimum absolute atomic E-state index is 0.00739. The average Bonchev–Trinajstić information content (AvgIpc) is 3.35. The number of Topliss-reactive ketones (excluding diaryl/α,β-unsaturated/α-hetero) is 1. The van der Waals surface area contributed by atoms with E-state index in [-0.39, 0.29) is 11.3 Å². The van der Waals surface area contributed by atoms with Gasteiger partial charge in [-0.3, -0.25) is 9.59 Å². The summed E-state index contributed by atoms with van der Waals surface area (Å²) in [6, 6.07) is 7.38. The van der Waals surface area contributed by atoms with Crippen molar-refractivity contribution < 1.29 is 28.6 Å². The van der Waals surface area contributed by atoms with Crippen molar-refractivity contribution in [3.63, 3.8) is 0 Å². The van der Waals surface area contributed by atoms with E-state index in [9.17, 15) is 14.7 Å². The molecule has 1 aliphatic heterocycles. The molecule has 0 bridgehead atoms. The number of furan rings is 1. The summed E-state index contributed by atoms with van der Waals surface area (Å²) in [7, 11) is 6.87. The van der Waals surface area contributed by atoms with Gasteiger partial charge in [0.15, 0.2) is 11.5 Å². The first-order chi connectivity index (χ1) is 14.4. The molecule has 1 saturated heterocycles. The Morgan fingerprint density at radius 3 is 2.50 bits per heavy atom. The quantitative estimate of drug-likeness (QED) is 0.403. The van der Waals surface area contributed by atoms with Gasteiger partial charge in [0.1, 0.15) is 17.6 Å². The van der Waals surface area contributed by atoms with Gasteiger partial charge in [0.2, 0.25) is 0 Å². The predicted molar refractivity (Wildman–Crippen MR) is 110 cm³/mol. The molecule has 0 spiro atoms. The number of likely N-dealkylation sites (tertiary alicyclic amines) is 1. The lowest BCUT2D eigenvalue weighted by molar-refractivity contribution is -0.140. The number of hydrogen-bond acceptors (Lipinski definition) is 7. The number of aliphatic hydroxyl groups excluding tert-OH is 1. The summed E-state index contributed by atoms with van der Waals surface area (Å²) in [6.45, 7) is 1.11. The van der Waals surface area contributed by atoms with E-state index in [0.29, 0.717) is 35.8 Å². The van der Waals surface area contributed by atoms with Crippen LogP contribution in [0.3, 0.4) is 0 Å². The third-order valence-corrected chi connectivity index (χ3v) is 5.01. The standard InChI is InChI=1S/C22H26N2O6/c1-23(2)10-6-11-24-19(16-7-5-12-30-16)18(21(26)22(24)27)20(25)14-8-9-15(28-3)17(13-14)29-4/h5,7-9,12-13,19,25H,6,10-11H2,1-4H3/b20-18+/t19-/m1/s1. The number of ether oxygens (including phenoxy) is 2. The molecule has 1 fully saturated rings. The Balaban J connectivity index is 2.06. The number of amides is 1. The lowest BCUT2D eigenvalue weighted by Crippen LogP contribution is -2.32. The van der Waals surface area contributed by atoms with Crippen LogP contribution < -0.4 is 9.47 Å². The minimum atomic E-state index is -0.796. The van der Waals surface area contributed by atoms with Crippen LogP contribution in [0.1, 0.15) is 23.8 Å². The highest BCUT2D eigenvalue weighted by molar-refractivity contribution is 6.46. The zero-order valence-electron chi connectivity index (χ0n) is 17.5. The molecule has 1 aliphatic rings. The normalized spacial score (nSPS) is 18.3. The first-order valence-corrected chi connectivity index (χ1v) is 9.58. The number of carbonyl (C=O) groups excluding carboxylic acids is 2. The van der Waals surface area contributed by atoms with E-state index in [2.05, 4.69) is 0 Å². The summed E-state index contributed by atoms with van der Waals surface area (Å²) in [5.41, 5.74) is 0.336. The molecule has 1 N–H and O–H groups in total. The van der Waals surface area contributed by atoms with Gasteiger partial charge in [-0.1, -0.05) is 0 Å². The Hall–Kier alpha value is -3.26. The SMILES string of the molecule is COc1ccc(/C(O)=C2\C(=O)C(=O)N(CCCN(C)C)[C@@H]2c2ccco2)cc1OC. The highest BCUT2D eigenvalue weighted by atomic mass is 16.5. The highest BCUT2D eigenvalue weighted by Gasteiger charge is 2.47. The lowest BCUT2D eigenvalue weighted by Gasteiger charge is -2.24. The molecule has 1 aromatic carbocycles. The van der Waals surface area contributed by atoms with Crippen molar-refractivity contribution in [3.05, 3.63) is 53.5 Å². The maximum Gasteiger partial charge on any atom is 0.295 e. The van der Waals surface area contributed by atoms with E-state index in [4.69, 9.17) is 13.9 Å². The van der Waals surface area contributed by atoms with Crippen molar-refractivity contribution in [3.8, 4) is 11.5 Å². The van der Waals surface area contributed by atoms with Gasteiger partial charge in [-0.25, -0.2) is 0 Å². The van der Waals surface area contributed by atoms with Crippen LogP contribution in [-0.4, -0.2) is 68.0 Å². The third kappa shape index (κ3) is 4.04. The average molecular weight is 414 g/mol. The van der Waals surface area contributed by atoms with Crippen LogP contribution in [0.25, 0.3) is 5.76 Å². The van der Waals surface area contributed by atoms with Gasteiger partial charge in [-0.15, -0.1) is 0 Å². The van der Waals surface area contributed by atoms with E-state index in [1.165, 1.54) is 25.4 Å². The van der Waals surface area contributed by atoms with Crippen molar-refractivity contribution in [1.29, 1.82) is 0 Å². The van der Waals surface area contributed by atoms with Crippen molar-refractivity contribution in [2.75, 3.05) is 41.4 Å². The van der Waals surface area contributed by atoms with Crippen LogP contribution >= 0.6 is 0 Å². The molecule has 2 heterocycles. The van der Waals surface area contributed by atoms with Crippen molar-refractivity contribution >= 4 is 17.4 Å². The maximum atomic E-state index is 12.9. The van der Waals surface area contributed by atoms with Gasteiger partial charge in [0, 0.05) is 12.1 Å². The molecule has 1 amide bonds. The number of ketones is 1. The fourth-order valence-electron chi connectivity index (χ4n) is 3.55. The van der Waals surface area contributed by atoms with Crippen LogP contribution in [0.5, 0.6) is 11.5 Å². The molecule has 1 aromatic heterocycles. The first kappa shape index (κ1) is 21.4. The molecule has 0 aliphatic carbocycles. The summed E-state index contributed by atoms with van der Waals surface area (Å²) in [5, 5.41) is 11.0. The second-order valence-corrected chi connectivity index (χ2v) is 7.23. The van der Waals surface area contributed by atoms with E-state index in [1.54, 1.807) is 30.3 Å². The van der Waals surface area contributed by atoms with Crippen LogP contribution in [0, 0.1) is 0 Å². The molecule has 8 nitrogen and oxygen atoms in total. The highest BCUT2D eigenvalue weighted by Crippen LogP contribution is 2.40. The molecule has 30 heavy (non-hydrogen) atoms. The summed E-state index contributed by atoms with van der Waals surface area (Å²) in [5.74, 6) is -0.380. The number of methoxy groups -OCH3 is 2. The topological polar surface area (TPSA) is 92.5 Å². The molecule has 0 saturated carbocycles. The predicted octanol–water partition coefficient (Wildman–Crippen LogP) is 2.67. The van der Waals surface area contributed by atoms with Gasteiger partial charge in [-0.2, -0.15) is 0 Å².